The first kappa shape index (κ1) is 14.8. The third kappa shape index (κ3) is 5.29. The molecule has 0 radical (unpaired) electrons. The second-order valence-electron chi connectivity index (χ2n) is 4.28. The normalized spacial score (nSPS) is 22.5. The number of sulfonamides is 1. The van der Waals surface area contributed by atoms with Crippen molar-refractivity contribution in [3.05, 3.63) is 0 Å². The lowest BCUT2D eigenvalue weighted by atomic mass is 10.2. The van der Waals surface area contributed by atoms with Crippen molar-refractivity contribution in [3.8, 4) is 0 Å². The molecule has 0 aromatic rings. The molecule has 0 aromatic heterocycles. The van der Waals surface area contributed by atoms with E-state index in [1.807, 2.05) is 6.92 Å². The van der Waals surface area contributed by atoms with Gasteiger partial charge in [-0.05, 0) is 19.3 Å². The van der Waals surface area contributed by atoms with E-state index in [0.29, 0.717) is 13.0 Å². The van der Waals surface area contributed by atoms with Crippen molar-refractivity contribution in [1.82, 2.24) is 4.72 Å². The van der Waals surface area contributed by atoms with Crippen LogP contribution in [0.3, 0.4) is 0 Å². The molecule has 1 rings (SSSR count). The number of rotatable bonds is 7. The summed E-state index contributed by atoms with van der Waals surface area (Å²) in [5.74, 6) is -0.00414. The molecule has 1 fully saturated rings. The fourth-order valence-electron chi connectivity index (χ4n) is 1.83. The standard InChI is InChI=1S/C10H20N2O3S2/c1-2-4-9(10(11)16)12-17(13,14)7-8-5-3-6-15-8/h8-9,12H,2-7H2,1H3,(H2,11,16). The van der Waals surface area contributed by atoms with Crippen LogP contribution in [0.4, 0.5) is 0 Å². The van der Waals surface area contributed by atoms with Crippen LogP contribution in [-0.2, 0) is 14.8 Å². The Kier molecular flexibility index (Phi) is 5.78. The Morgan fingerprint density at radius 2 is 2.35 bits per heavy atom. The van der Waals surface area contributed by atoms with Crippen molar-refractivity contribution in [2.24, 2.45) is 5.73 Å². The minimum absolute atomic E-state index is 0.00414. The Labute approximate surface area is 108 Å². The second-order valence-corrected chi connectivity index (χ2v) is 6.55. The zero-order valence-electron chi connectivity index (χ0n) is 10.0. The number of hydrogen-bond acceptors (Lipinski definition) is 4. The van der Waals surface area contributed by atoms with Crippen molar-refractivity contribution >= 4 is 27.2 Å². The lowest BCUT2D eigenvalue weighted by Gasteiger charge is -2.18. The van der Waals surface area contributed by atoms with Crippen molar-refractivity contribution in [2.45, 2.75) is 44.8 Å². The summed E-state index contributed by atoms with van der Waals surface area (Å²) in [4.78, 5) is 0.197. The molecular weight excluding hydrogens is 260 g/mol. The molecule has 0 aromatic carbocycles. The van der Waals surface area contributed by atoms with Crippen LogP contribution < -0.4 is 10.5 Å². The number of thiocarbonyl (C=S) groups is 1. The highest BCUT2D eigenvalue weighted by atomic mass is 32.2. The molecule has 1 aliphatic heterocycles. The Balaban J connectivity index is 2.53. The number of ether oxygens (including phenoxy) is 1. The van der Waals surface area contributed by atoms with Crippen LogP contribution in [0, 0.1) is 0 Å². The van der Waals surface area contributed by atoms with Crippen molar-refractivity contribution in [3.63, 3.8) is 0 Å². The molecule has 7 heteroatoms. The highest BCUT2D eigenvalue weighted by Gasteiger charge is 2.26. The van der Waals surface area contributed by atoms with E-state index < -0.39 is 16.1 Å². The molecule has 0 amide bonds. The second kappa shape index (κ2) is 6.63. The molecule has 1 aliphatic rings. The molecule has 0 spiro atoms. The monoisotopic (exact) mass is 280 g/mol. The van der Waals surface area contributed by atoms with E-state index in [4.69, 9.17) is 22.7 Å². The van der Waals surface area contributed by atoms with Gasteiger partial charge in [-0.2, -0.15) is 0 Å². The highest BCUT2D eigenvalue weighted by Crippen LogP contribution is 2.14. The van der Waals surface area contributed by atoms with Gasteiger partial charge in [0.05, 0.1) is 22.9 Å². The summed E-state index contributed by atoms with van der Waals surface area (Å²) in [7, 11) is -3.37. The molecule has 17 heavy (non-hydrogen) atoms. The largest absolute Gasteiger partial charge is 0.392 e. The number of nitrogens with two attached hydrogens (primary N) is 1. The highest BCUT2D eigenvalue weighted by molar-refractivity contribution is 7.89. The predicted molar refractivity (Wildman–Crippen MR) is 71.4 cm³/mol. The average molecular weight is 280 g/mol. The first-order valence-corrected chi connectivity index (χ1v) is 7.91. The zero-order valence-corrected chi connectivity index (χ0v) is 11.6. The maximum atomic E-state index is 11.9. The van der Waals surface area contributed by atoms with Gasteiger partial charge in [0, 0.05) is 6.61 Å². The SMILES string of the molecule is CCCC(NS(=O)(=O)CC1CCCO1)C(N)=S. The molecule has 5 nitrogen and oxygen atoms in total. The van der Waals surface area contributed by atoms with E-state index in [1.54, 1.807) is 0 Å². The van der Waals surface area contributed by atoms with Crippen molar-refractivity contribution < 1.29 is 13.2 Å². The Hall–Kier alpha value is -0.240. The summed E-state index contributed by atoms with van der Waals surface area (Å²) in [6.07, 6.45) is 2.98. The maximum Gasteiger partial charge on any atom is 0.214 e. The lowest BCUT2D eigenvalue weighted by molar-refractivity contribution is 0.127. The summed E-state index contributed by atoms with van der Waals surface area (Å²) in [6, 6.07) is -0.443. The third-order valence-corrected chi connectivity index (χ3v) is 4.41. The lowest BCUT2D eigenvalue weighted by Crippen LogP contribution is -2.45. The molecule has 3 N–H and O–H groups in total. The first-order valence-electron chi connectivity index (χ1n) is 5.85. The van der Waals surface area contributed by atoms with E-state index in [-0.39, 0.29) is 16.8 Å². The van der Waals surface area contributed by atoms with E-state index in [1.165, 1.54) is 0 Å². The summed E-state index contributed by atoms with van der Waals surface area (Å²) >= 11 is 4.85. The molecule has 0 aliphatic carbocycles. The van der Waals surface area contributed by atoms with Gasteiger partial charge in [-0.1, -0.05) is 25.6 Å². The molecule has 1 saturated heterocycles. The molecule has 1 heterocycles. The van der Waals surface area contributed by atoms with Crippen molar-refractivity contribution in [1.29, 1.82) is 0 Å². The average Bonchev–Trinajstić information content (AvgIpc) is 2.68. The number of hydrogen-bond donors (Lipinski definition) is 2. The minimum atomic E-state index is -3.37. The van der Waals surface area contributed by atoms with Gasteiger partial charge in [-0.25, -0.2) is 13.1 Å². The first-order chi connectivity index (χ1) is 7.94. The summed E-state index contributed by atoms with van der Waals surface area (Å²) in [5.41, 5.74) is 5.51. The van der Waals surface area contributed by atoms with E-state index >= 15 is 0 Å². The molecule has 2 unspecified atom stereocenters. The van der Waals surface area contributed by atoms with E-state index in [9.17, 15) is 8.42 Å². The fraction of sp³-hybridized carbons (Fsp3) is 0.900. The van der Waals surface area contributed by atoms with Crippen molar-refractivity contribution in [2.75, 3.05) is 12.4 Å². The fourth-order valence-corrected chi connectivity index (χ4v) is 3.61. The van der Waals surface area contributed by atoms with E-state index in [2.05, 4.69) is 4.72 Å². The van der Waals surface area contributed by atoms with E-state index in [0.717, 1.165) is 19.3 Å². The van der Waals surface area contributed by atoms with Gasteiger partial charge in [-0.15, -0.1) is 0 Å². The molecule has 100 valence electrons. The Morgan fingerprint density at radius 3 is 2.82 bits per heavy atom. The molecular formula is C10H20N2O3S2. The Morgan fingerprint density at radius 1 is 1.65 bits per heavy atom. The van der Waals surface area contributed by atoms with Crippen LogP contribution in [0.5, 0.6) is 0 Å². The number of nitrogens with one attached hydrogen (secondary N) is 1. The van der Waals surface area contributed by atoms with Gasteiger partial charge in [0.15, 0.2) is 0 Å². The van der Waals surface area contributed by atoms with Crippen LogP contribution in [0.25, 0.3) is 0 Å². The van der Waals surface area contributed by atoms with Gasteiger partial charge >= 0.3 is 0 Å². The Bertz CT molecular complexity index is 351. The van der Waals surface area contributed by atoms with Crippen LogP contribution in [0.15, 0.2) is 0 Å². The van der Waals surface area contributed by atoms with Crippen LogP contribution >= 0.6 is 12.2 Å². The van der Waals surface area contributed by atoms with Gasteiger partial charge in [0.1, 0.15) is 0 Å². The van der Waals surface area contributed by atoms with Crippen LogP contribution in [0.1, 0.15) is 32.6 Å². The topological polar surface area (TPSA) is 81.4 Å². The van der Waals surface area contributed by atoms with Crippen LogP contribution in [0.2, 0.25) is 0 Å². The zero-order chi connectivity index (χ0) is 12.9. The quantitative estimate of drug-likeness (QED) is 0.665. The van der Waals surface area contributed by atoms with Gasteiger partial charge in [0.2, 0.25) is 10.0 Å². The summed E-state index contributed by atoms with van der Waals surface area (Å²) in [6.45, 7) is 2.60. The predicted octanol–water partition coefficient (Wildman–Crippen LogP) is 0.540. The van der Waals surface area contributed by atoms with Gasteiger partial charge in [-0.3, -0.25) is 0 Å². The summed E-state index contributed by atoms with van der Waals surface area (Å²) in [5, 5.41) is 0. The molecule has 0 bridgehead atoms. The smallest absolute Gasteiger partial charge is 0.214 e. The molecule has 2 atom stereocenters. The minimum Gasteiger partial charge on any atom is -0.392 e. The van der Waals surface area contributed by atoms with Gasteiger partial charge < -0.3 is 10.5 Å². The third-order valence-electron chi connectivity index (χ3n) is 2.67. The molecule has 0 saturated carbocycles. The van der Waals surface area contributed by atoms with Crippen LogP contribution in [-0.4, -0.2) is 37.9 Å². The maximum absolute atomic E-state index is 11.9. The van der Waals surface area contributed by atoms with Gasteiger partial charge in [0.25, 0.3) is 0 Å². The summed E-state index contributed by atoms with van der Waals surface area (Å²) < 4.78 is 31.6.